The Morgan fingerprint density at radius 2 is 1.91 bits per heavy atom. The summed E-state index contributed by atoms with van der Waals surface area (Å²) in [5, 5.41) is 0. The number of nitrogens with zero attached hydrogens (tertiary/aromatic N) is 1. The lowest BCUT2D eigenvalue weighted by Crippen LogP contribution is -2.31. The zero-order valence-electron chi connectivity index (χ0n) is 13.7. The summed E-state index contributed by atoms with van der Waals surface area (Å²) >= 11 is 0. The summed E-state index contributed by atoms with van der Waals surface area (Å²) in [4.78, 5) is 28.5. The van der Waals surface area contributed by atoms with Crippen LogP contribution in [0.25, 0.3) is 0 Å². The average molecular weight is 316 g/mol. The van der Waals surface area contributed by atoms with Crippen molar-refractivity contribution in [1.29, 1.82) is 0 Å². The topological polar surface area (TPSA) is 71.6 Å². The summed E-state index contributed by atoms with van der Waals surface area (Å²) < 4.78 is 10.6. The van der Waals surface area contributed by atoms with Gasteiger partial charge in [0.25, 0.3) is 11.5 Å². The van der Waals surface area contributed by atoms with E-state index in [1.54, 1.807) is 40.3 Å². The van der Waals surface area contributed by atoms with Gasteiger partial charge in [-0.05, 0) is 25.1 Å². The third-order valence-corrected chi connectivity index (χ3v) is 3.52. The lowest BCUT2D eigenvalue weighted by atomic mass is 10.1. The number of methoxy groups -OCH3 is 2. The summed E-state index contributed by atoms with van der Waals surface area (Å²) in [5.41, 5.74) is 1.23. The molecule has 1 aromatic heterocycles. The van der Waals surface area contributed by atoms with Gasteiger partial charge >= 0.3 is 0 Å². The number of aromatic nitrogens is 1. The van der Waals surface area contributed by atoms with E-state index in [2.05, 4.69) is 4.98 Å². The van der Waals surface area contributed by atoms with Crippen molar-refractivity contribution < 1.29 is 14.3 Å². The van der Waals surface area contributed by atoms with Crippen LogP contribution >= 0.6 is 0 Å². The van der Waals surface area contributed by atoms with Crippen LogP contribution < -0.4 is 15.0 Å². The third kappa shape index (κ3) is 3.53. The molecule has 1 aromatic carbocycles. The number of H-pyrrole nitrogens is 1. The number of rotatable bonds is 5. The Morgan fingerprint density at radius 3 is 2.52 bits per heavy atom. The van der Waals surface area contributed by atoms with Gasteiger partial charge in [0.2, 0.25) is 0 Å². The van der Waals surface area contributed by atoms with Crippen molar-refractivity contribution in [3.05, 3.63) is 57.5 Å². The minimum atomic E-state index is -0.389. The minimum Gasteiger partial charge on any atom is -0.493 e. The number of hydrogen-bond donors (Lipinski definition) is 1. The maximum atomic E-state index is 12.5. The number of aromatic amines is 1. The van der Waals surface area contributed by atoms with Crippen molar-refractivity contribution in [1.82, 2.24) is 9.88 Å². The highest BCUT2D eigenvalue weighted by Crippen LogP contribution is 2.31. The molecule has 0 spiro atoms. The van der Waals surface area contributed by atoms with Crippen molar-refractivity contribution >= 4 is 5.91 Å². The first-order valence-corrected chi connectivity index (χ1v) is 7.13. The quantitative estimate of drug-likeness (QED) is 0.915. The van der Waals surface area contributed by atoms with Crippen molar-refractivity contribution in [2.45, 2.75) is 13.5 Å². The third-order valence-electron chi connectivity index (χ3n) is 3.52. The molecule has 0 aliphatic heterocycles. The number of hydrogen-bond acceptors (Lipinski definition) is 4. The van der Waals surface area contributed by atoms with Crippen LogP contribution in [0.15, 0.2) is 35.1 Å². The number of amides is 1. The molecule has 0 atom stereocenters. The van der Waals surface area contributed by atoms with E-state index in [1.807, 2.05) is 12.1 Å². The smallest absolute Gasteiger partial charge is 0.260 e. The van der Waals surface area contributed by atoms with Crippen LogP contribution in [0, 0.1) is 6.92 Å². The number of benzene rings is 1. The first-order valence-electron chi connectivity index (χ1n) is 7.13. The summed E-state index contributed by atoms with van der Waals surface area (Å²) in [6.07, 6.45) is 0. The van der Waals surface area contributed by atoms with Crippen LogP contribution in [0.5, 0.6) is 11.5 Å². The molecule has 1 amide bonds. The van der Waals surface area contributed by atoms with E-state index < -0.39 is 0 Å². The molecule has 0 aliphatic carbocycles. The SMILES string of the molecule is COc1cccc(CN(C)C(=O)c2ccc(C)[nH]c2=O)c1OC. The van der Waals surface area contributed by atoms with Crippen molar-refractivity contribution in [2.75, 3.05) is 21.3 Å². The standard InChI is InChI=1S/C17H20N2O4/c1-11-8-9-13(16(20)18-11)17(21)19(2)10-12-6-5-7-14(22-3)15(12)23-4/h5-9H,10H2,1-4H3,(H,18,20). The largest absolute Gasteiger partial charge is 0.493 e. The van der Waals surface area contributed by atoms with E-state index >= 15 is 0 Å². The van der Waals surface area contributed by atoms with E-state index in [-0.39, 0.29) is 17.0 Å². The highest BCUT2D eigenvalue weighted by Gasteiger charge is 2.18. The van der Waals surface area contributed by atoms with Crippen LogP contribution in [-0.4, -0.2) is 37.1 Å². The summed E-state index contributed by atoms with van der Waals surface area (Å²) in [6.45, 7) is 2.06. The van der Waals surface area contributed by atoms with Gasteiger partial charge in [0.05, 0.1) is 14.2 Å². The predicted octanol–water partition coefficient (Wildman–Crippen LogP) is 1.97. The van der Waals surface area contributed by atoms with Gasteiger partial charge in [-0.15, -0.1) is 0 Å². The van der Waals surface area contributed by atoms with Gasteiger partial charge < -0.3 is 19.4 Å². The number of pyridine rings is 1. The van der Waals surface area contributed by atoms with Crippen molar-refractivity contribution in [3.63, 3.8) is 0 Å². The Hall–Kier alpha value is -2.76. The first-order chi connectivity index (χ1) is 11.0. The number of ether oxygens (including phenoxy) is 2. The van der Waals surface area contributed by atoms with Gasteiger partial charge in [-0.2, -0.15) is 0 Å². The molecule has 0 bridgehead atoms. The van der Waals surface area contributed by atoms with Gasteiger partial charge in [0.1, 0.15) is 5.56 Å². The highest BCUT2D eigenvalue weighted by atomic mass is 16.5. The second kappa shape index (κ2) is 7.00. The number of carbonyl (C=O) groups excluding carboxylic acids is 1. The Labute approximate surface area is 134 Å². The number of para-hydroxylation sites is 1. The molecule has 0 fully saturated rings. The molecule has 0 unspecified atom stereocenters. The second-order valence-electron chi connectivity index (χ2n) is 5.20. The van der Waals surface area contributed by atoms with Gasteiger partial charge in [0.15, 0.2) is 11.5 Å². The van der Waals surface area contributed by atoms with Crippen molar-refractivity contribution in [3.8, 4) is 11.5 Å². The van der Waals surface area contributed by atoms with E-state index in [4.69, 9.17) is 9.47 Å². The lowest BCUT2D eigenvalue weighted by Gasteiger charge is -2.19. The fraction of sp³-hybridized carbons (Fsp3) is 0.294. The molecule has 122 valence electrons. The fourth-order valence-corrected chi connectivity index (χ4v) is 2.35. The lowest BCUT2D eigenvalue weighted by molar-refractivity contribution is 0.0782. The minimum absolute atomic E-state index is 0.111. The summed E-state index contributed by atoms with van der Waals surface area (Å²) in [7, 11) is 4.75. The second-order valence-corrected chi connectivity index (χ2v) is 5.20. The molecule has 0 aliphatic rings. The highest BCUT2D eigenvalue weighted by molar-refractivity contribution is 5.93. The van der Waals surface area contributed by atoms with Crippen LogP contribution in [0.3, 0.4) is 0 Å². The van der Waals surface area contributed by atoms with E-state index in [9.17, 15) is 9.59 Å². The molecule has 0 saturated carbocycles. The maximum Gasteiger partial charge on any atom is 0.260 e. The van der Waals surface area contributed by atoms with Crippen LogP contribution in [-0.2, 0) is 6.54 Å². The average Bonchev–Trinajstić information content (AvgIpc) is 2.53. The van der Waals surface area contributed by atoms with E-state index in [0.717, 1.165) is 5.56 Å². The molecule has 2 aromatic rings. The molecule has 0 radical (unpaired) electrons. The summed E-state index contributed by atoms with van der Waals surface area (Å²) in [6, 6.07) is 8.71. The molecule has 2 rings (SSSR count). The Morgan fingerprint density at radius 1 is 1.17 bits per heavy atom. The number of nitrogens with one attached hydrogen (secondary N) is 1. The van der Waals surface area contributed by atoms with Crippen LogP contribution in [0.2, 0.25) is 0 Å². The van der Waals surface area contributed by atoms with Gasteiger partial charge in [-0.1, -0.05) is 12.1 Å². The number of carbonyl (C=O) groups is 1. The van der Waals surface area contributed by atoms with E-state index in [0.29, 0.717) is 23.7 Å². The number of aryl methyl sites for hydroxylation is 1. The molecule has 0 saturated heterocycles. The van der Waals surface area contributed by atoms with Crippen LogP contribution in [0.1, 0.15) is 21.6 Å². The zero-order chi connectivity index (χ0) is 17.0. The van der Waals surface area contributed by atoms with Gasteiger partial charge in [0, 0.05) is 24.8 Å². The van der Waals surface area contributed by atoms with E-state index in [1.165, 1.54) is 11.0 Å². The molecule has 1 heterocycles. The molecule has 6 nitrogen and oxygen atoms in total. The normalized spacial score (nSPS) is 10.3. The molecule has 23 heavy (non-hydrogen) atoms. The Bertz CT molecular complexity index is 767. The maximum absolute atomic E-state index is 12.5. The molecular weight excluding hydrogens is 296 g/mol. The summed E-state index contributed by atoms with van der Waals surface area (Å²) in [5.74, 6) is 0.822. The Balaban J connectivity index is 2.27. The van der Waals surface area contributed by atoms with Crippen LogP contribution in [0.4, 0.5) is 0 Å². The zero-order valence-corrected chi connectivity index (χ0v) is 13.7. The monoisotopic (exact) mass is 316 g/mol. The first kappa shape index (κ1) is 16.6. The van der Waals surface area contributed by atoms with Gasteiger partial charge in [-0.3, -0.25) is 9.59 Å². The predicted molar refractivity (Wildman–Crippen MR) is 87.1 cm³/mol. The van der Waals surface area contributed by atoms with Crippen molar-refractivity contribution in [2.24, 2.45) is 0 Å². The fourth-order valence-electron chi connectivity index (χ4n) is 2.35. The van der Waals surface area contributed by atoms with Gasteiger partial charge in [-0.25, -0.2) is 0 Å². The Kier molecular flexibility index (Phi) is 5.05. The molecule has 6 heteroatoms. The molecular formula is C17H20N2O4. The molecule has 1 N–H and O–H groups in total.